The van der Waals surface area contributed by atoms with Crippen LogP contribution in [-0.2, 0) is 16.7 Å². The lowest BCUT2D eigenvalue weighted by atomic mass is 9.74. The van der Waals surface area contributed by atoms with Crippen LogP contribution in [0, 0.1) is 11.3 Å². The summed E-state index contributed by atoms with van der Waals surface area (Å²) in [5.74, 6) is 0. The molecule has 0 bridgehead atoms. The number of hydrogen-bond acceptors (Lipinski definition) is 3. The third-order valence-electron chi connectivity index (χ3n) is 3.33. The monoisotopic (exact) mass is 249 g/mol. The highest BCUT2D eigenvalue weighted by Gasteiger charge is 2.36. The summed E-state index contributed by atoms with van der Waals surface area (Å²) in [6.45, 7) is 0.830. The maximum Gasteiger partial charge on any atom is 0.0847 e. The van der Waals surface area contributed by atoms with Crippen LogP contribution in [0.15, 0.2) is 30.3 Å². The van der Waals surface area contributed by atoms with Gasteiger partial charge in [-0.05, 0) is 18.4 Å². The lowest BCUT2D eigenvalue weighted by molar-refractivity contribution is 0.271. The van der Waals surface area contributed by atoms with E-state index < -0.39 is 16.7 Å². The molecule has 0 amide bonds. The van der Waals surface area contributed by atoms with Crippen molar-refractivity contribution in [2.24, 2.45) is 0 Å². The molecule has 1 atom stereocenters. The van der Waals surface area contributed by atoms with E-state index in [0.717, 1.165) is 5.56 Å². The van der Waals surface area contributed by atoms with E-state index in [-0.39, 0.29) is 0 Å². The minimum atomic E-state index is -2.17. The number of nitrogens with zero attached hydrogens (tertiary/aromatic N) is 2. The minimum absolute atomic E-state index is 0.415. The first-order chi connectivity index (χ1) is 8.18. The molecule has 1 aromatic rings. The van der Waals surface area contributed by atoms with Crippen molar-refractivity contribution in [3.05, 3.63) is 35.9 Å². The van der Waals surface area contributed by atoms with E-state index in [1.165, 1.54) is 4.31 Å². The fourth-order valence-electron chi connectivity index (χ4n) is 2.24. The van der Waals surface area contributed by atoms with Crippen LogP contribution in [0.2, 0.25) is 0 Å². The summed E-state index contributed by atoms with van der Waals surface area (Å²) in [5.41, 5.74) is 0.454. The van der Waals surface area contributed by atoms with Gasteiger partial charge in [-0.15, -0.1) is 0 Å². The summed E-state index contributed by atoms with van der Waals surface area (Å²) in [7, 11) is 0. The summed E-state index contributed by atoms with van der Waals surface area (Å²) in [6, 6.07) is 12.0. The van der Waals surface area contributed by atoms with Crippen molar-refractivity contribution in [1.29, 1.82) is 5.26 Å². The first-order valence-corrected chi connectivity index (χ1v) is 6.52. The molecule has 1 aromatic carbocycles. The standard InChI is InChI=1S/C12H14N2O2S/c13-10-12(11-4-2-1-3-5-11)6-8-14(9-7-12)17(15)16/h1-5H,6-9H2,(H,15,16)/p-1. The summed E-state index contributed by atoms with van der Waals surface area (Å²) < 4.78 is 23.0. The second kappa shape index (κ2) is 4.96. The van der Waals surface area contributed by atoms with Gasteiger partial charge in [0.15, 0.2) is 0 Å². The summed E-state index contributed by atoms with van der Waals surface area (Å²) in [4.78, 5) is 0. The highest BCUT2D eigenvalue weighted by molar-refractivity contribution is 7.76. The van der Waals surface area contributed by atoms with Crippen molar-refractivity contribution < 1.29 is 8.76 Å². The van der Waals surface area contributed by atoms with Crippen LogP contribution in [0.4, 0.5) is 0 Å². The highest BCUT2D eigenvalue weighted by atomic mass is 32.2. The Balaban J connectivity index is 2.20. The molecule has 1 saturated heterocycles. The Hall–Kier alpha value is -1.22. The van der Waals surface area contributed by atoms with Gasteiger partial charge in [-0.3, -0.25) is 4.21 Å². The van der Waals surface area contributed by atoms with Gasteiger partial charge in [0.2, 0.25) is 0 Å². The second-order valence-electron chi connectivity index (χ2n) is 4.21. The molecule has 4 nitrogen and oxygen atoms in total. The van der Waals surface area contributed by atoms with Gasteiger partial charge in [0, 0.05) is 24.4 Å². The highest BCUT2D eigenvalue weighted by Crippen LogP contribution is 2.34. The molecule has 5 heteroatoms. The molecule has 0 spiro atoms. The number of hydrogen-bond donors (Lipinski definition) is 0. The maximum atomic E-state index is 10.8. The summed E-state index contributed by atoms with van der Waals surface area (Å²) in [5, 5.41) is 9.40. The predicted molar refractivity (Wildman–Crippen MR) is 63.5 cm³/mol. The molecule has 2 rings (SSSR count). The first-order valence-electron chi connectivity index (χ1n) is 5.49. The van der Waals surface area contributed by atoms with Gasteiger partial charge >= 0.3 is 0 Å². The Kier molecular flexibility index (Phi) is 3.57. The number of nitriles is 1. The van der Waals surface area contributed by atoms with Crippen LogP contribution < -0.4 is 0 Å². The predicted octanol–water partition coefficient (Wildman–Crippen LogP) is 1.34. The molecule has 1 unspecified atom stereocenters. The van der Waals surface area contributed by atoms with Crippen molar-refractivity contribution in [2.75, 3.05) is 13.1 Å². The zero-order chi connectivity index (χ0) is 12.3. The number of rotatable bonds is 2. The largest absolute Gasteiger partial charge is 0.760 e. The van der Waals surface area contributed by atoms with Crippen LogP contribution in [0.3, 0.4) is 0 Å². The van der Waals surface area contributed by atoms with Crippen molar-refractivity contribution in [1.82, 2.24) is 4.31 Å². The summed E-state index contributed by atoms with van der Waals surface area (Å²) >= 11 is -2.17. The molecule has 0 radical (unpaired) electrons. The molecule has 0 aliphatic carbocycles. The van der Waals surface area contributed by atoms with Gasteiger partial charge in [0.1, 0.15) is 0 Å². The SMILES string of the molecule is N#CC1(c2ccccc2)CCN(S(=O)[O-])CC1. The van der Waals surface area contributed by atoms with Gasteiger partial charge in [0.25, 0.3) is 0 Å². The molecular weight excluding hydrogens is 236 g/mol. The van der Waals surface area contributed by atoms with Crippen LogP contribution in [0.1, 0.15) is 18.4 Å². The van der Waals surface area contributed by atoms with Crippen LogP contribution in [-0.4, -0.2) is 26.2 Å². The quantitative estimate of drug-likeness (QED) is 0.743. The smallest absolute Gasteiger partial charge is 0.0847 e. The Morgan fingerprint density at radius 2 is 1.88 bits per heavy atom. The second-order valence-corrected chi connectivity index (χ2v) is 5.16. The zero-order valence-corrected chi connectivity index (χ0v) is 10.2. The van der Waals surface area contributed by atoms with E-state index in [9.17, 15) is 14.0 Å². The molecule has 17 heavy (non-hydrogen) atoms. The van der Waals surface area contributed by atoms with Gasteiger partial charge in [0.05, 0.1) is 11.5 Å². The first kappa shape index (κ1) is 12.2. The average Bonchev–Trinajstić information content (AvgIpc) is 2.40. The van der Waals surface area contributed by atoms with Gasteiger partial charge in [-0.1, -0.05) is 30.3 Å². The van der Waals surface area contributed by atoms with Gasteiger partial charge in [-0.25, -0.2) is 4.31 Å². The average molecular weight is 249 g/mol. The minimum Gasteiger partial charge on any atom is -0.760 e. The van der Waals surface area contributed by atoms with Crippen molar-refractivity contribution in [3.63, 3.8) is 0 Å². The van der Waals surface area contributed by atoms with Crippen LogP contribution >= 0.6 is 0 Å². The van der Waals surface area contributed by atoms with Crippen LogP contribution in [0.5, 0.6) is 0 Å². The summed E-state index contributed by atoms with van der Waals surface area (Å²) in [6.07, 6.45) is 1.11. The lowest BCUT2D eigenvalue weighted by Gasteiger charge is -2.37. The van der Waals surface area contributed by atoms with E-state index in [1.807, 2.05) is 30.3 Å². The molecule has 1 heterocycles. The third-order valence-corrected chi connectivity index (χ3v) is 4.11. The normalized spacial score (nSPS) is 21.6. The third kappa shape index (κ3) is 2.39. The Morgan fingerprint density at radius 1 is 1.29 bits per heavy atom. The molecule has 0 saturated carbocycles. The maximum absolute atomic E-state index is 10.8. The molecule has 1 aliphatic heterocycles. The molecule has 90 valence electrons. The topological polar surface area (TPSA) is 67.2 Å². The van der Waals surface area contributed by atoms with E-state index in [2.05, 4.69) is 6.07 Å². The fraction of sp³-hybridized carbons (Fsp3) is 0.417. The van der Waals surface area contributed by atoms with Gasteiger partial charge < -0.3 is 4.55 Å². The Labute approximate surface area is 103 Å². The Bertz CT molecular complexity index is 447. The molecular formula is C12H13N2O2S-. The van der Waals surface area contributed by atoms with Gasteiger partial charge in [-0.2, -0.15) is 5.26 Å². The molecule has 0 aromatic heterocycles. The van der Waals surface area contributed by atoms with Crippen molar-refractivity contribution in [2.45, 2.75) is 18.3 Å². The van der Waals surface area contributed by atoms with E-state index >= 15 is 0 Å². The number of piperidine rings is 1. The number of benzene rings is 1. The van der Waals surface area contributed by atoms with E-state index in [0.29, 0.717) is 25.9 Å². The van der Waals surface area contributed by atoms with E-state index in [1.54, 1.807) is 0 Å². The van der Waals surface area contributed by atoms with Crippen molar-refractivity contribution >= 4 is 11.3 Å². The van der Waals surface area contributed by atoms with Crippen LogP contribution in [0.25, 0.3) is 0 Å². The van der Waals surface area contributed by atoms with Crippen molar-refractivity contribution in [3.8, 4) is 6.07 Å². The molecule has 0 N–H and O–H groups in total. The van der Waals surface area contributed by atoms with E-state index in [4.69, 9.17) is 0 Å². The molecule has 1 fully saturated rings. The lowest BCUT2D eigenvalue weighted by Crippen LogP contribution is -2.42. The fourth-order valence-corrected chi connectivity index (χ4v) is 2.72. The Morgan fingerprint density at radius 3 is 2.35 bits per heavy atom. The zero-order valence-electron chi connectivity index (χ0n) is 9.33. The molecule has 1 aliphatic rings.